The minimum atomic E-state index is -1.84. The highest BCUT2D eigenvalue weighted by Gasteiger charge is 2.46. The third-order valence-corrected chi connectivity index (χ3v) is 8.07. The molecule has 206 valence electrons. The second kappa shape index (κ2) is 9.51. The Kier molecular flexibility index (Phi) is 6.24. The standard InChI is InChI=1S/C28H33N5O6/c1-4-28(37)20-12-22-24-16(13-33(22)25(34)19(20)15-38-26(28)35)11-17-18(14-31(2)3)23(6-5-21(17)30-24)39-27(36)32-9-7-29-8-10-32/h5-6,11-12,24,29-30,37H,4,7-10,13-15H2,1-3H3. The van der Waals surface area contributed by atoms with Gasteiger partial charge >= 0.3 is 12.1 Å². The summed E-state index contributed by atoms with van der Waals surface area (Å²) >= 11 is 0. The van der Waals surface area contributed by atoms with E-state index in [0.717, 1.165) is 35.5 Å². The van der Waals surface area contributed by atoms with Crippen LogP contribution in [0, 0.1) is 0 Å². The SMILES string of the molecule is CCC1(O)C(=O)OCc2c1cc1n(c2=O)CC2=Cc3c(ccc(OC(=O)N4CCNCC4)c3CN(C)C)NC21. The van der Waals surface area contributed by atoms with Crippen molar-refractivity contribution >= 4 is 23.8 Å². The number of benzene rings is 1. The fraction of sp³-hybridized carbons (Fsp3) is 0.464. The highest BCUT2D eigenvalue weighted by atomic mass is 16.6. The van der Waals surface area contributed by atoms with Crippen molar-refractivity contribution in [3.8, 4) is 5.75 Å². The third kappa shape index (κ3) is 4.12. The van der Waals surface area contributed by atoms with Crippen LogP contribution in [0.3, 0.4) is 0 Å². The molecule has 1 aromatic heterocycles. The summed E-state index contributed by atoms with van der Waals surface area (Å²) in [6, 6.07) is 5.18. The number of fused-ring (bicyclic) bond motifs is 5. The minimum absolute atomic E-state index is 0.106. The number of hydrogen-bond acceptors (Lipinski definition) is 9. The lowest BCUT2D eigenvalue weighted by molar-refractivity contribution is -0.172. The van der Waals surface area contributed by atoms with E-state index in [4.69, 9.17) is 9.47 Å². The number of aliphatic hydroxyl groups is 1. The lowest BCUT2D eigenvalue weighted by atomic mass is 9.85. The quantitative estimate of drug-likeness (QED) is 0.500. The lowest BCUT2D eigenvalue weighted by Crippen LogP contribution is -2.47. The third-order valence-electron chi connectivity index (χ3n) is 8.07. The maximum Gasteiger partial charge on any atom is 0.415 e. The topological polar surface area (TPSA) is 125 Å². The number of pyridine rings is 1. The minimum Gasteiger partial charge on any atom is -0.458 e. The fourth-order valence-electron chi connectivity index (χ4n) is 5.94. The molecule has 4 aliphatic rings. The first kappa shape index (κ1) is 25.6. The fourth-order valence-corrected chi connectivity index (χ4v) is 5.94. The summed E-state index contributed by atoms with van der Waals surface area (Å²) < 4.78 is 12.8. The van der Waals surface area contributed by atoms with Gasteiger partial charge in [-0.25, -0.2) is 9.59 Å². The molecule has 0 bridgehead atoms. The highest BCUT2D eigenvalue weighted by Crippen LogP contribution is 2.45. The monoisotopic (exact) mass is 535 g/mol. The molecule has 2 unspecified atom stereocenters. The number of cyclic esters (lactones) is 1. The summed E-state index contributed by atoms with van der Waals surface area (Å²) in [5.74, 6) is -0.219. The number of amides is 1. The lowest BCUT2D eigenvalue weighted by Gasteiger charge is -2.32. The number of carbonyl (C=O) groups excluding carboxylic acids is 2. The summed E-state index contributed by atoms with van der Waals surface area (Å²) in [5, 5.41) is 17.9. The van der Waals surface area contributed by atoms with E-state index in [0.29, 0.717) is 48.7 Å². The van der Waals surface area contributed by atoms with Crippen molar-refractivity contribution in [2.45, 2.75) is 44.7 Å². The average Bonchev–Trinajstić information content (AvgIpc) is 3.29. The van der Waals surface area contributed by atoms with Crippen LogP contribution in [-0.2, 0) is 34.8 Å². The molecule has 1 saturated heterocycles. The zero-order valence-electron chi connectivity index (χ0n) is 22.4. The maximum absolute atomic E-state index is 13.5. The van der Waals surface area contributed by atoms with Gasteiger partial charge < -0.3 is 39.6 Å². The molecule has 6 rings (SSSR count). The van der Waals surface area contributed by atoms with Gasteiger partial charge in [0.2, 0.25) is 0 Å². The van der Waals surface area contributed by atoms with Crippen LogP contribution in [0.5, 0.6) is 5.75 Å². The van der Waals surface area contributed by atoms with Crippen molar-refractivity contribution in [2.75, 3.05) is 45.6 Å². The highest BCUT2D eigenvalue weighted by molar-refractivity contribution is 5.84. The van der Waals surface area contributed by atoms with E-state index >= 15 is 0 Å². The Bertz CT molecular complexity index is 1460. The van der Waals surface area contributed by atoms with E-state index in [2.05, 4.69) is 16.7 Å². The number of anilines is 1. The second-order valence-electron chi connectivity index (χ2n) is 10.8. The summed E-state index contributed by atoms with van der Waals surface area (Å²) in [4.78, 5) is 42.6. The van der Waals surface area contributed by atoms with Crippen molar-refractivity contribution in [1.82, 2.24) is 19.7 Å². The second-order valence-corrected chi connectivity index (χ2v) is 10.8. The van der Waals surface area contributed by atoms with Gasteiger partial charge in [0.1, 0.15) is 12.4 Å². The molecule has 0 radical (unpaired) electrons. The molecule has 1 aromatic carbocycles. The van der Waals surface area contributed by atoms with E-state index in [1.165, 1.54) is 0 Å². The van der Waals surface area contributed by atoms with Crippen LogP contribution in [0.25, 0.3) is 6.08 Å². The first-order valence-electron chi connectivity index (χ1n) is 13.3. The van der Waals surface area contributed by atoms with Crippen LogP contribution < -0.4 is 20.9 Å². The van der Waals surface area contributed by atoms with Crippen LogP contribution in [-0.4, -0.2) is 71.8 Å². The molecular formula is C28H33N5O6. The largest absolute Gasteiger partial charge is 0.458 e. The zero-order chi connectivity index (χ0) is 27.5. The number of carbonyl (C=O) groups is 2. The van der Waals surface area contributed by atoms with Gasteiger partial charge in [0.15, 0.2) is 5.60 Å². The van der Waals surface area contributed by atoms with Crippen LogP contribution in [0.1, 0.15) is 47.3 Å². The first-order chi connectivity index (χ1) is 18.7. The van der Waals surface area contributed by atoms with Crippen molar-refractivity contribution in [3.05, 3.63) is 62.1 Å². The molecule has 39 heavy (non-hydrogen) atoms. The van der Waals surface area contributed by atoms with Crippen molar-refractivity contribution in [3.63, 3.8) is 0 Å². The smallest absolute Gasteiger partial charge is 0.415 e. The molecule has 11 heteroatoms. The molecule has 0 spiro atoms. The first-order valence-corrected chi connectivity index (χ1v) is 13.3. The van der Waals surface area contributed by atoms with E-state index in [9.17, 15) is 19.5 Å². The van der Waals surface area contributed by atoms with Crippen LogP contribution >= 0.6 is 0 Å². The number of nitrogens with one attached hydrogen (secondary N) is 2. The molecule has 3 N–H and O–H groups in total. The molecule has 1 amide bonds. The molecule has 2 aromatic rings. The van der Waals surface area contributed by atoms with Crippen LogP contribution in [0.4, 0.5) is 10.5 Å². The number of hydrogen-bond donors (Lipinski definition) is 3. The zero-order valence-corrected chi connectivity index (χ0v) is 22.4. The molecule has 1 fully saturated rings. The number of nitrogens with zero attached hydrogens (tertiary/aromatic N) is 3. The maximum atomic E-state index is 13.5. The van der Waals surface area contributed by atoms with Gasteiger partial charge in [0.05, 0.1) is 11.6 Å². The summed E-state index contributed by atoms with van der Waals surface area (Å²) in [6.07, 6.45) is 1.81. The number of esters is 1. The Morgan fingerprint density at radius 2 is 2.03 bits per heavy atom. The molecule has 11 nitrogen and oxygen atoms in total. The molecule has 4 aliphatic heterocycles. The Balaban J connectivity index is 1.39. The Labute approximate surface area is 226 Å². The molecule has 2 atom stereocenters. The van der Waals surface area contributed by atoms with Gasteiger partial charge in [0, 0.05) is 67.3 Å². The van der Waals surface area contributed by atoms with Crippen molar-refractivity contribution < 1.29 is 24.2 Å². The molecule has 0 aliphatic carbocycles. The van der Waals surface area contributed by atoms with Crippen LogP contribution in [0.2, 0.25) is 0 Å². The Morgan fingerprint density at radius 3 is 2.74 bits per heavy atom. The van der Waals surface area contributed by atoms with E-state index < -0.39 is 11.6 Å². The van der Waals surface area contributed by atoms with E-state index in [1.807, 2.05) is 31.1 Å². The number of aromatic nitrogens is 1. The van der Waals surface area contributed by atoms with Crippen LogP contribution in [0.15, 0.2) is 28.6 Å². The Morgan fingerprint density at radius 1 is 1.26 bits per heavy atom. The van der Waals surface area contributed by atoms with Gasteiger partial charge in [-0.1, -0.05) is 6.92 Å². The van der Waals surface area contributed by atoms with E-state index in [-0.39, 0.29) is 30.7 Å². The molecule has 5 heterocycles. The predicted molar refractivity (Wildman–Crippen MR) is 143 cm³/mol. The van der Waals surface area contributed by atoms with Gasteiger partial charge in [0.25, 0.3) is 5.56 Å². The number of rotatable bonds is 4. The Hall–Kier alpha value is -3.67. The molecule has 0 saturated carbocycles. The molecular weight excluding hydrogens is 502 g/mol. The summed E-state index contributed by atoms with van der Waals surface area (Å²) in [6.45, 7) is 5.13. The summed E-state index contributed by atoms with van der Waals surface area (Å²) in [5.41, 5.74) is 2.85. The number of piperazine rings is 1. The predicted octanol–water partition coefficient (Wildman–Crippen LogP) is 1.53. The van der Waals surface area contributed by atoms with Crippen molar-refractivity contribution in [1.29, 1.82) is 0 Å². The van der Waals surface area contributed by atoms with Gasteiger partial charge in [-0.15, -0.1) is 0 Å². The average molecular weight is 536 g/mol. The van der Waals surface area contributed by atoms with Crippen molar-refractivity contribution in [2.24, 2.45) is 0 Å². The normalized spacial score (nSPS) is 23.2. The number of ether oxygens (including phenoxy) is 2. The van der Waals surface area contributed by atoms with E-state index in [1.54, 1.807) is 22.5 Å². The van der Waals surface area contributed by atoms with Gasteiger partial charge in [-0.3, -0.25) is 4.79 Å². The van der Waals surface area contributed by atoms with Gasteiger partial charge in [-0.05, 0) is 50.4 Å². The summed E-state index contributed by atoms with van der Waals surface area (Å²) in [7, 11) is 3.92. The van der Waals surface area contributed by atoms with Gasteiger partial charge in [-0.2, -0.15) is 0 Å².